The zero-order chi connectivity index (χ0) is 12.7. The van der Waals surface area contributed by atoms with Crippen molar-refractivity contribution in [2.75, 3.05) is 0 Å². The number of thiophene rings is 1. The summed E-state index contributed by atoms with van der Waals surface area (Å²) in [5.41, 5.74) is 2.39. The Morgan fingerprint density at radius 2 is 2.06 bits per heavy atom. The summed E-state index contributed by atoms with van der Waals surface area (Å²) in [4.78, 5) is 15.5. The molecule has 0 saturated carbocycles. The lowest BCUT2D eigenvalue weighted by molar-refractivity contribution is 0.104. The van der Waals surface area contributed by atoms with E-state index in [1.807, 2.05) is 29.6 Å². The normalized spacial score (nSPS) is 11.0. The van der Waals surface area contributed by atoms with Crippen molar-refractivity contribution in [1.29, 1.82) is 0 Å². The number of carbonyl (C=O) groups excluding carboxylic acids is 1. The van der Waals surface area contributed by atoms with Crippen molar-refractivity contribution in [3.63, 3.8) is 0 Å². The maximum Gasteiger partial charge on any atom is 0.196 e. The standard InChI is InChI=1S/C13H7Br2NOS/c14-8-1-2-11-9(4-8)10(5-16-11)13(17)7-3-12(15)18-6-7/h1-6,16H. The minimum atomic E-state index is 0.0429. The van der Waals surface area contributed by atoms with Gasteiger partial charge in [0, 0.05) is 38.1 Å². The number of ketones is 1. The largest absolute Gasteiger partial charge is 0.360 e. The summed E-state index contributed by atoms with van der Waals surface area (Å²) in [6.45, 7) is 0. The van der Waals surface area contributed by atoms with Crippen LogP contribution in [0.3, 0.4) is 0 Å². The van der Waals surface area contributed by atoms with Gasteiger partial charge in [-0.1, -0.05) is 15.9 Å². The Bertz CT molecular complexity index is 744. The summed E-state index contributed by atoms with van der Waals surface area (Å²) in [5, 5.41) is 2.81. The van der Waals surface area contributed by atoms with Gasteiger partial charge in [-0.3, -0.25) is 4.79 Å². The predicted molar refractivity (Wildman–Crippen MR) is 81.5 cm³/mol. The van der Waals surface area contributed by atoms with Gasteiger partial charge in [0.05, 0.1) is 3.79 Å². The average molecular weight is 385 g/mol. The number of rotatable bonds is 2. The Kier molecular flexibility index (Phi) is 3.13. The van der Waals surface area contributed by atoms with E-state index in [0.29, 0.717) is 11.1 Å². The fourth-order valence-corrected chi connectivity index (χ4v) is 3.36. The van der Waals surface area contributed by atoms with Crippen LogP contribution in [-0.2, 0) is 0 Å². The second kappa shape index (κ2) is 4.64. The predicted octanol–water partition coefficient (Wildman–Crippen LogP) is 4.99. The molecule has 90 valence electrons. The Hall–Kier alpha value is -0.910. The van der Waals surface area contributed by atoms with Crippen LogP contribution in [0.1, 0.15) is 15.9 Å². The summed E-state index contributed by atoms with van der Waals surface area (Å²) in [7, 11) is 0. The van der Waals surface area contributed by atoms with Gasteiger partial charge in [-0.15, -0.1) is 11.3 Å². The van der Waals surface area contributed by atoms with Crippen LogP contribution in [-0.4, -0.2) is 10.8 Å². The summed E-state index contributed by atoms with van der Waals surface area (Å²) in [6, 6.07) is 7.72. The molecular weight excluding hydrogens is 378 g/mol. The van der Waals surface area contributed by atoms with Crippen LogP contribution in [0.4, 0.5) is 0 Å². The zero-order valence-electron chi connectivity index (χ0n) is 9.04. The van der Waals surface area contributed by atoms with Crippen molar-refractivity contribution in [2.45, 2.75) is 0 Å². The number of hydrogen-bond acceptors (Lipinski definition) is 2. The molecule has 0 radical (unpaired) electrons. The van der Waals surface area contributed by atoms with Crippen LogP contribution >= 0.6 is 43.2 Å². The molecule has 0 aliphatic heterocycles. The van der Waals surface area contributed by atoms with Crippen LogP contribution in [0.15, 0.2) is 44.1 Å². The Labute approximate surface area is 124 Å². The number of benzene rings is 1. The lowest BCUT2D eigenvalue weighted by Gasteiger charge is -1.97. The molecule has 18 heavy (non-hydrogen) atoms. The fraction of sp³-hybridized carbons (Fsp3) is 0. The molecule has 1 aromatic carbocycles. The molecule has 0 atom stereocenters. The lowest BCUT2D eigenvalue weighted by atomic mass is 10.1. The molecule has 5 heteroatoms. The van der Waals surface area contributed by atoms with Crippen molar-refractivity contribution in [3.05, 3.63) is 55.2 Å². The van der Waals surface area contributed by atoms with Gasteiger partial charge in [0.25, 0.3) is 0 Å². The van der Waals surface area contributed by atoms with Gasteiger partial charge >= 0.3 is 0 Å². The molecule has 3 aromatic rings. The minimum absolute atomic E-state index is 0.0429. The molecule has 0 bridgehead atoms. The van der Waals surface area contributed by atoms with Gasteiger partial charge in [-0.25, -0.2) is 0 Å². The van der Waals surface area contributed by atoms with Gasteiger partial charge in [-0.05, 0) is 40.2 Å². The first-order valence-corrected chi connectivity index (χ1v) is 7.67. The maximum absolute atomic E-state index is 12.4. The van der Waals surface area contributed by atoms with Crippen LogP contribution in [0.5, 0.6) is 0 Å². The van der Waals surface area contributed by atoms with E-state index >= 15 is 0 Å². The molecule has 0 aliphatic rings. The summed E-state index contributed by atoms with van der Waals surface area (Å²) >= 11 is 8.32. The highest BCUT2D eigenvalue weighted by atomic mass is 79.9. The van der Waals surface area contributed by atoms with E-state index in [2.05, 4.69) is 36.8 Å². The van der Waals surface area contributed by atoms with Gasteiger partial charge < -0.3 is 4.98 Å². The number of aromatic nitrogens is 1. The third kappa shape index (κ3) is 2.06. The van der Waals surface area contributed by atoms with E-state index in [0.717, 1.165) is 19.2 Å². The van der Waals surface area contributed by atoms with Gasteiger partial charge in [0.2, 0.25) is 0 Å². The second-order valence-electron chi connectivity index (χ2n) is 3.86. The van der Waals surface area contributed by atoms with Gasteiger partial charge in [0.1, 0.15) is 0 Å². The molecule has 0 unspecified atom stereocenters. The number of halogens is 2. The summed E-state index contributed by atoms with van der Waals surface area (Å²) in [5.74, 6) is 0.0429. The van der Waals surface area contributed by atoms with E-state index in [9.17, 15) is 4.79 Å². The first-order valence-electron chi connectivity index (χ1n) is 5.20. The number of aromatic amines is 1. The SMILES string of the molecule is O=C(c1csc(Br)c1)c1c[nH]c2ccc(Br)cc12. The Balaban J connectivity index is 2.14. The average Bonchev–Trinajstić information content (AvgIpc) is 2.94. The maximum atomic E-state index is 12.4. The summed E-state index contributed by atoms with van der Waals surface area (Å²) < 4.78 is 1.93. The molecule has 0 aliphatic carbocycles. The van der Waals surface area contributed by atoms with E-state index < -0.39 is 0 Å². The van der Waals surface area contributed by atoms with Crippen molar-refractivity contribution >= 4 is 59.9 Å². The molecule has 0 fully saturated rings. The molecule has 2 heterocycles. The van der Waals surface area contributed by atoms with Crippen molar-refractivity contribution in [3.8, 4) is 0 Å². The monoisotopic (exact) mass is 383 g/mol. The van der Waals surface area contributed by atoms with Crippen molar-refractivity contribution in [2.24, 2.45) is 0 Å². The molecule has 2 nitrogen and oxygen atoms in total. The highest BCUT2D eigenvalue weighted by molar-refractivity contribution is 9.11. The van der Waals surface area contributed by atoms with E-state index in [4.69, 9.17) is 0 Å². The molecule has 3 rings (SSSR count). The van der Waals surface area contributed by atoms with E-state index in [-0.39, 0.29) is 5.78 Å². The van der Waals surface area contributed by atoms with Crippen molar-refractivity contribution < 1.29 is 4.79 Å². The van der Waals surface area contributed by atoms with Crippen LogP contribution in [0.25, 0.3) is 10.9 Å². The van der Waals surface area contributed by atoms with Crippen LogP contribution < -0.4 is 0 Å². The number of hydrogen-bond donors (Lipinski definition) is 1. The summed E-state index contributed by atoms with van der Waals surface area (Å²) in [6.07, 6.45) is 1.77. The highest BCUT2D eigenvalue weighted by Crippen LogP contribution is 2.27. The van der Waals surface area contributed by atoms with Crippen LogP contribution in [0, 0.1) is 0 Å². The van der Waals surface area contributed by atoms with Crippen LogP contribution in [0.2, 0.25) is 0 Å². The first-order chi connectivity index (χ1) is 8.65. The Morgan fingerprint density at radius 3 is 2.78 bits per heavy atom. The molecule has 2 aromatic heterocycles. The molecular formula is C13H7Br2NOS. The number of nitrogens with one attached hydrogen (secondary N) is 1. The Morgan fingerprint density at radius 1 is 1.22 bits per heavy atom. The molecule has 0 amide bonds. The first kappa shape index (κ1) is 12.1. The number of H-pyrrole nitrogens is 1. The molecule has 1 N–H and O–H groups in total. The topological polar surface area (TPSA) is 32.9 Å². The quantitative estimate of drug-likeness (QED) is 0.620. The van der Waals surface area contributed by atoms with Gasteiger partial charge in [-0.2, -0.15) is 0 Å². The minimum Gasteiger partial charge on any atom is -0.360 e. The molecule has 0 spiro atoms. The smallest absolute Gasteiger partial charge is 0.196 e. The molecule has 0 saturated heterocycles. The fourth-order valence-electron chi connectivity index (χ4n) is 1.87. The van der Waals surface area contributed by atoms with E-state index in [1.165, 1.54) is 11.3 Å². The highest BCUT2D eigenvalue weighted by Gasteiger charge is 2.15. The number of carbonyl (C=O) groups is 1. The van der Waals surface area contributed by atoms with Crippen molar-refractivity contribution in [1.82, 2.24) is 4.98 Å². The van der Waals surface area contributed by atoms with Gasteiger partial charge in [0.15, 0.2) is 5.78 Å². The third-order valence-corrected chi connectivity index (χ3v) is 4.72. The lowest BCUT2D eigenvalue weighted by Crippen LogP contribution is -1.97. The second-order valence-corrected chi connectivity index (χ2v) is 7.07. The van der Waals surface area contributed by atoms with E-state index in [1.54, 1.807) is 6.20 Å². The third-order valence-electron chi connectivity index (χ3n) is 2.72. The number of fused-ring (bicyclic) bond motifs is 1. The zero-order valence-corrected chi connectivity index (χ0v) is 13.0.